The zero-order valence-corrected chi connectivity index (χ0v) is 14.4. The third-order valence-corrected chi connectivity index (χ3v) is 3.74. The van der Waals surface area contributed by atoms with E-state index in [9.17, 15) is 4.79 Å². The third-order valence-electron chi connectivity index (χ3n) is 3.74. The Balaban J connectivity index is 2.62. The first-order chi connectivity index (χ1) is 9.75. The summed E-state index contributed by atoms with van der Waals surface area (Å²) < 4.78 is 0. The number of hydrogen-bond acceptors (Lipinski definition) is 2. The molecule has 0 bridgehead atoms. The molecule has 0 fully saturated rings. The van der Waals surface area contributed by atoms with Crippen LogP contribution in [0.1, 0.15) is 45.7 Å². The Morgan fingerprint density at radius 2 is 1.81 bits per heavy atom. The van der Waals surface area contributed by atoms with Crippen molar-refractivity contribution in [3.63, 3.8) is 0 Å². The lowest BCUT2D eigenvalue weighted by Crippen LogP contribution is -2.36. The van der Waals surface area contributed by atoms with Crippen LogP contribution in [0.25, 0.3) is 0 Å². The molecular formula is C18H30N2O. The number of carbonyl (C=O) groups excluding carboxylic acids is 1. The minimum Gasteiger partial charge on any atom is -0.341 e. The van der Waals surface area contributed by atoms with Crippen LogP contribution in [-0.4, -0.2) is 30.9 Å². The van der Waals surface area contributed by atoms with Crippen LogP contribution < -0.4 is 5.32 Å². The van der Waals surface area contributed by atoms with Crippen molar-refractivity contribution in [2.75, 3.05) is 20.1 Å². The van der Waals surface area contributed by atoms with Gasteiger partial charge in [-0.2, -0.15) is 0 Å². The number of benzene rings is 1. The average Bonchev–Trinajstić information content (AvgIpc) is 2.43. The molecule has 0 spiro atoms. The van der Waals surface area contributed by atoms with Gasteiger partial charge in [0.05, 0.1) is 0 Å². The molecule has 1 aromatic carbocycles. The van der Waals surface area contributed by atoms with E-state index in [1.54, 1.807) is 0 Å². The van der Waals surface area contributed by atoms with E-state index in [2.05, 4.69) is 57.3 Å². The van der Waals surface area contributed by atoms with Crippen molar-refractivity contribution in [2.45, 2.75) is 46.6 Å². The maximum absolute atomic E-state index is 12.3. The second-order valence-electron chi connectivity index (χ2n) is 6.85. The van der Waals surface area contributed by atoms with Crippen molar-refractivity contribution in [3.05, 3.63) is 35.4 Å². The molecule has 3 heteroatoms. The molecule has 1 aromatic rings. The molecule has 21 heavy (non-hydrogen) atoms. The standard InChI is InChI=1S/C18H30N2O/c1-7-19-12-14(2)17(21)20(6)13-15-8-10-16(11-9-15)18(3,4)5/h8-11,14,19H,7,12-13H2,1-6H3. The Morgan fingerprint density at radius 3 is 2.29 bits per heavy atom. The largest absolute Gasteiger partial charge is 0.341 e. The van der Waals surface area contributed by atoms with Crippen molar-refractivity contribution >= 4 is 5.91 Å². The first-order valence-corrected chi connectivity index (χ1v) is 7.80. The van der Waals surface area contributed by atoms with Gasteiger partial charge < -0.3 is 10.2 Å². The molecular weight excluding hydrogens is 260 g/mol. The fourth-order valence-electron chi connectivity index (χ4n) is 2.29. The highest BCUT2D eigenvalue weighted by molar-refractivity contribution is 5.78. The predicted molar refractivity (Wildman–Crippen MR) is 89.3 cm³/mol. The van der Waals surface area contributed by atoms with Crippen molar-refractivity contribution in [3.8, 4) is 0 Å². The van der Waals surface area contributed by atoms with Crippen LogP contribution in [0.2, 0.25) is 0 Å². The van der Waals surface area contributed by atoms with Gasteiger partial charge in [-0.3, -0.25) is 4.79 Å². The fraction of sp³-hybridized carbons (Fsp3) is 0.611. The second-order valence-corrected chi connectivity index (χ2v) is 6.85. The van der Waals surface area contributed by atoms with Crippen LogP contribution >= 0.6 is 0 Å². The fourth-order valence-corrected chi connectivity index (χ4v) is 2.29. The van der Waals surface area contributed by atoms with Crippen molar-refractivity contribution < 1.29 is 4.79 Å². The highest BCUT2D eigenvalue weighted by atomic mass is 16.2. The van der Waals surface area contributed by atoms with Gasteiger partial charge in [-0.05, 0) is 23.1 Å². The number of hydrogen-bond donors (Lipinski definition) is 1. The predicted octanol–water partition coefficient (Wildman–Crippen LogP) is 3.19. The molecule has 1 rings (SSSR count). The zero-order valence-electron chi connectivity index (χ0n) is 14.4. The van der Waals surface area contributed by atoms with E-state index in [1.807, 2.05) is 18.9 Å². The van der Waals surface area contributed by atoms with Gasteiger partial charge in [0.1, 0.15) is 0 Å². The van der Waals surface area contributed by atoms with Gasteiger partial charge in [0.2, 0.25) is 5.91 Å². The van der Waals surface area contributed by atoms with Crippen LogP contribution in [0, 0.1) is 5.92 Å². The normalized spacial score (nSPS) is 13.0. The number of rotatable bonds is 6. The molecule has 1 atom stereocenters. The summed E-state index contributed by atoms with van der Waals surface area (Å²) in [6.07, 6.45) is 0. The van der Waals surface area contributed by atoms with E-state index >= 15 is 0 Å². The maximum Gasteiger partial charge on any atom is 0.226 e. The van der Waals surface area contributed by atoms with Gasteiger partial charge in [0.25, 0.3) is 0 Å². The van der Waals surface area contributed by atoms with Crippen LogP contribution in [0.3, 0.4) is 0 Å². The summed E-state index contributed by atoms with van der Waals surface area (Å²) in [5, 5.41) is 3.22. The zero-order chi connectivity index (χ0) is 16.0. The Kier molecular flexibility index (Phi) is 6.41. The van der Waals surface area contributed by atoms with E-state index < -0.39 is 0 Å². The van der Waals surface area contributed by atoms with Gasteiger partial charge in [-0.1, -0.05) is 58.9 Å². The average molecular weight is 290 g/mol. The number of carbonyl (C=O) groups is 1. The Labute approximate surface area is 129 Å². The summed E-state index contributed by atoms with van der Waals surface area (Å²) in [5.74, 6) is 0.208. The molecule has 0 saturated heterocycles. The summed E-state index contributed by atoms with van der Waals surface area (Å²) in [6.45, 7) is 13.0. The lowest BCUT2D eigenvalue weighted by molar-refractivity contribution is -0.134. The molecule has 0 aromatic heterocycles. The molecule has 0 saturated carbocycles. The van der Waals surface area contributed by atoms with Crippen LogP contribution in [0.4, 0.5) is 0 Å². The molecule has 0 aliphatic rings. The minimum absolute atomic E-state index is 0.0174. The van der Waals surface area contributed by atoms with Gasteiger partial charge in [-0.25, -0.2) is 0 Å². The molecule has 0 aliphatic heterocycles. The summed E-state index contributed by atoms with van der Waals surface area (Å²) in [6, 6.07) is 8.57. The molecule has 1 unspecified atom stereocenters. The van der Waals surface area contributed by atoms with E-state index in [4.69, 9.17) is 0 Å². The molecule has 0 radical (unpaired) electrons. The smallest absolute Gasteiger partial charge is 0.226 e. The highest BCUT2D eigenvalue weighted by Crippen LogP contribution is 2.22. The molecule has 1 N–H and O–H groups in total. The summed E-state index contributed by atoms with van der Waals surface area (Å²) >= 11 is 0. The van der Waals surface area contributed by atoms with Crippen molar-refractivity contribution in [2.24, 2.45) is 5.92 Å². The van der Waals surface area contributed by atoms with E-state index in [0.29, 0.717) is 6.54 Å². The first-order valence-electron chi connectivity index (χ1n) is 7.80. The van der Waals surface area contributed by atoms with Gasteiger partial charge >= 0.3 is 0 Å². The lowest BCUT2D eigenvalue weighted by atomic mass is 9.87. The van der Waals surface area contributed by atoms with E-state index in [-0.39, 0.29) is 17.2 Å². The maximum atomic E-state index is 12.3. The van der Waals surface area contributed by atoms with Crippen molar-refractivity contribution in [1.82, 2.24) is 10.2 Å². The molecule has 0 aliphatic carbocycles. The van der Waals surface area contributed by atoms with E-state index in [1.165, 1.54) is 11.1 Å². The number of amides is 1. The summed E-state index contributed by atoms with van der Waals surface area (Å²) in [4.78, 5) is 14.1. The Hall–Kier alpha value is -1.35. The highest BCUT2D eigenvalue weighted by Gasteiger charge is 2.17. The Bertz CT molecular complexity index is 445. The lowest BCUT2D eigenvalue weighted by Gasteiger charge is -2.23. The van der Waals surface area contributed by atoms with Crippen LogP contribution in [0.5, 0.6) is 0 Å². The van der Waals surface area contributed by atoms with Crippen LogP contribution in [-0.2, 0) is 16.8 Å². The molecule has 0 heterocycles. The summed E-state index contributed by atoms with van der Waals surface area (Å²) in [7, 11) is 1.88. The first kappa shape index (κ1) is 17.7. The van der Waals surface area contributed by atoms with E-state index in [0.717, 1.165) is 13.1 Å². The summed E-state index contributed by atoms with van der Waals surface area (Å²) in [5.41, 5.74) is 2.66. The number of nitrogens with one attached hydrogen (secondary N) is 1. The van der Waals surface area contributed by atoms with Gasteiger partial charge in [0, 0.05) is 26.1 Å². The van der Waals surface area contributed by atoms with Crippen molar-refractivity contribution in [1.29, 1.82) is 0 Å². The SMILES string of the molecule is CCNCC(C)C(=O)N(C)Cc1ccc(C(C)(C)C)cc1. The quantitative estimate of drug-likeness (QED) is 0.872. The monoisotopic (exact) mass is 290 g/mol. The minimum atomic E-state index is 0.0174. The molecule has 118 valence electrons. The van der Waals surface area contributed by atoms with Crippen LogP contribution in [0.15, 0.2) is 24.3 Å². The second kappa shape index (κ2) is 7.60. The molecule has 3 nitrogen and oxygen atoms in total. The van der Waals surface area contributed by atoms with Gasteiger partial charge in [-0.15, -0.1) is 0 Å². The third kappa shape index (κ3) is 5.50. The topological polar surface area (TPSA) is 32.3 Å². The molecule has 1 amide bonds. The number of nitrogens with zero attached hydrogens (tertiary/aromatic N) is 1. The van der Waals surface area contributed by atoms with Gasteiger partial charge in [0.15, 0.2) is 0 Å². The Morgan fingerprint density at radius 1 is 1.24 bits per heavy atom.